The molecule has 0 spiro atoms. The molecule has 0 unspecified atom stereocenters. The van der Waals surface area contributed by atoms with E-state index in [1.165, 1.54) is 19.3 Å². The van der Waals surface area contributed by atoms with Gasteiger partial charge in [-0.05, 0) is 6.42 Å². The summed E-state index contributed by atoms with van der Waals surface area (Å²) in [5, 5.41) is 0. The Bertz CT molecular complexity index is 203. The van der Waals surface area contributed by atoms with Crippen LogP contribution in [-0.4, -0.2) is 18.0 Å². The van der Waals surface area contributed by atoms with Crippen molar-refractivity contribution in [3.63, 3.8) is 0 Å². The van der Waals surface area contributed by atoms with Crippen LogP contribution in [0.1, 0.15) is 53.4 Å². The van der Waals surface area contributed by atoms with Gasteiger partial charge in [-0.15, -0.1) is 0 Å². The van der Waals surface area contributed by atoms with Crippen LogP contribution in [0, 0.1) is 5.41 Å². The summed E-state index contributed by atoms with van der Waals surface area (Å²) in [4.78, 5) is 11.7. The Morgan fingerprint density at radius 1 is 1.29 bits per heavy atom. The first-order valence-corrected chi connectivity index (χ1v) is 5.66. The van der Waals surface area contributed by atoms with Crippen molar-refractivity contribution in [3.8, 4) is 0 Å². The molecule has 1 heterocycles. The number of epoxide rings is 1. The van der Waals surface area contributed by atoms with Gasteiger partial charge in [-0.3, -0.25) is 4.79 Å². The lowest BCUT2D eigenvalue weighted by Gasteiger charge is -2.14. The van der Waals surface area contributed by atoms with Crippen molar-refractivity contribution in [3.05, 3.63) is 0 Å². The van der Waals surface area contributed by atoms with E-state index < -0.39 is 0 Å². The third-order valence-corrected chi connectivity index (χ3v) is 2.67. The van der Waals surface area contributed by atoms with E-state index in [4.69, 9.17) is 4.74 Å². The molecule has 1 fully saturated rings. The lowest BCUT2D eigenvalue weighted by atomic mass is 9.87. The summed E-state index contributed by atoms with van der Waals surface area (Å²) in [6, 6.07) is 0. The Hall–Kier alpha value is -0.370. The third kappa shape index (κ3) is 3.09. The molecule has 2 heteroatoms. The number of rotatable bonds is 5. The Labute approximate surface area is 87.0 Å². The summed E-state index contributed by atoms with van der Waals surface area (Å²) in [5.41, 5.74) is -0.246. The minimum absolute atomic E-state index is 0.0909. The Balaban J connectivity index is 2.22. The third-order valence-electron chi connectivity index (χ3n) is 2.67. The fourth-order valence-electron chi connectivity index (χ4n) is 1.62. The Morgan fingerprint density at radius 3 is 2.43 bits per heavy atom. The average molecular weight is 198 g/mol. The van der Waals surface area contributed by atoms with Crippen molar-refractivity contribution < 1.29 is 9.53 Å². The van der Waals surface area contributed by atoms with Crippen molar-refractivity contribution in [2.45, 2.75) is 65.6 Å². The van der Waals surface area contributed by atoms with Gasteiger partial charge < -0.3 is 4.74 Å². The van der Waals surface area contributed by atoms with Crippen LogP contribution in [0.2, 0.25) is 0 Å². The predicted molar refractivity (Wildman–Crippen MR) is 57.3 cm³/mol. The first-order chi connectivity index (χ1) is 6.46. The topological polar surface area (TPSA) is 29.6 Å². The minimum Gasteiger partial charge on any atom is -0.361 e. The molecular weight excluding hydrogens is 176 g/mol. The molecule has 0 bridgehead atoms. The van der Waals surface area contributed by atoms with Crippen molar-refractivity contribution in [2.24, 2.45) is 5.41 Å². The molecule has 2 nitrogen and oxygen atoms in total. The van der Waals surface area contributed by atoms with E-state index in [1.807, 2.05) is 20.8 Å². The molecule has 1 aliphatic rings. The highest BCUT2D eigenvalue weighted by Crippen LogP contribution is 2.33. The maximum absolute atomic E-state index is 11.7. The zero-order valence-corrected chi connectivity index (χ0v) is 9.80. The van der Waals surface area contributed by atoms with E-state index in [0.717, 1.165) is 6.42 Å². The van der Waals surface area contributed by atoms with Gasteiger partial charge in [0.2, 0.25) is 0 Å². The lowest BCUT2D eigenvalue weighted by Crippen LogP contribution is -2.26. The second-order valence-electron chi connectivity index (χ2n) is 5.21. The van der Waals surface area contributed by atoms with E-state index in [2.05, 4.69) is 6.92 Å². The number of hydrogen-bond acceptors (Lipinski definition) is 2. The van der Waals surface area contributed by atoms with Crippen LogP contribution in [0.4, 0.5) is 0 Å². The van der Waals surface area contributed by atoms with E-state index in [9.17, 15) is 4.79 Å². The van der Waals surface area contributed by atoms with Crippen LogP contribution in [0.3, 0.4) is 0 Å². The molecule has 0 aromatic carbocycles. The number of carbonyl (C=O) groups excluding carboxylic acids is 1. The SMILES string of the molecule is CCCCC[C@H]1O[C@@H]1C(=O)C(C)(C)C. The van der Waals surface area contributed by atoms with Crippen LogP contribution in [0.5, 0.6) is 0 Å². The molecule has 1 rings (SSSR count). The molecule has 2 atom stereocenters. The van der Waals surface area contributed by atoms with Gasteiger partial charge >= 0.3 is 0 Å². The minimum atomic E-state index is -0.246. The zero-order valence-electron chi connectivity index (χ0n) is 9.80. The molecule has 0 saturated carbocycles. The smallest absolute Gasteiger partial charge is 0.169 e. The van der Waals surface area contributed by atoms with Gasteiger partial charge in [-0.1, -0.05) is 47.0 Å². The molecule has 0 amide bonds. The van der Waals surface area contributed by atoms with Gasteiger partial charge in [0.15, 0.2) is 5.78 Å². The van der Waals surface area contributed by atoms with E-state index in [0.29, 0.717) is 0 Å². The van der Waals surface area contributed by atoms with Crippen molar-refractivity contribution >= 4 is 5.78 Å². The summed E-state index contributed by atoms with van der Waals surface area (Å²) >= 11 is 0. The van der Waals surface area contributed by atoms with Crippen LogP contribution < -0.4 is 0 Å². The molecule has 0 N–H and O–H groups in total. The van der Waals surface area contributed by atoms with Crippen molar-refractivity contribution in [2.75, 3.05) is 0 Å². The van der Waals surface area contributed by atoms with E-state index >= 15 is 0 Å². The van der Waals surface area contributed by atoms with Gasteiger partial charge in [0, 0.05) is 5.41 Å². The van der Waals surface area contributed by atoms with Crippen LogP contribution in [0.25, 0.3) is 0 Å². The molecule has 0 aliphatic carbocycles. The fourth-order valence-corrected chi connectivity index (χ4v) is 1.62. The lowest BCUT2D eigenvalue weighted by molar-refractivity contribution is -0.127. The maximum Gasteiger partial charge on any atom is 0.169 e. The average Bonchev–Trinajstić information content (AvgIpc) is 2.81. The molecule has 1 aliphatic heterocycles. The highest BCUT2D eigenvalue weighted by molar-refractivity contribution is 5.90. The summed E-state index contributed by atoms with van der Waals surface area (Å²) in [7, 11) is 0. The first kappa shape index (κ1) is 11.7. The molecule has 0 radical (unpaired) electrons. The Morgan fingerprint density at radius 2 is 1.93 bits per heavy atom. The van der Waals surface area contributed by atoms with Crippen LogP contribution in [0.15, 0.2) is 0 Å². The second kappa shape index (κ2) is 4.43. The number of ether oxygens (including phenoxy) is 1. The monoisotopic (exact) mass is 198 g/mol. The summed E-state index contributed by atoms with van der Waals surface area (Å²) in [6.45, 7) is 8.06. The van der Waals surface area contributed by atoms with E-state index in [-0.39, 0.29) is 23.4 Å². The van der Waals surface area contributed by atoms with Gasteiger partial charge in [-0.25, -0.2) is 0 Å². The van der Waals surface area contributed by atoms with Crippen molar-refractivity contribution in [1.82, 2.24) is 0 Å². The van der Waals surface area contributed by atoms with Gasteiger partial charge in [0.05, 0.1) is 6.10 Å². The summed E-state index contributed by atoms with van der Waals surface area (Å²) in [5.74, 6) is 0.263. The fraction of sp³-hybridized carbons (Fsp3) is 0.917. The number of carbonyl (C=O) groups is 1. The normalized spacial score (nSPS) is 26.3. The maximum atomic E-state index is 11.7. The van der Waals surface area contributed by atoms with Gasteiger partial charge in [-0.2, -0.15) is 0 Å². The number of unbranched alkanes of at least 4 members (excludes halogenated alkanes) is 2. The van der Waals surface area contributed by atoms with Crippen LogP contribution >= 0.6 is 0 Å². The molecule has 0 aromatic rings. The molecule has 82 valence electrons. The largest absolute Gasteiger partial charge is 0.361 e. The highest BCUT2D eigenvalue weighted by atomic mass is 16.6. The van der Waals surface area contributed by atoms with Crippen LogP contribution in [-0.2, 0) is 9.53 Å². The quantitative estimate of drug-likeness (QED) is 0.502. The molecule has 0 aromatic heterocycles. The summed E-state index contributed by atoms with van der Waals surface area (Å²) < 4.78 is 5.40. The summed E-state index contributed by atoms with van der Waals surface area (Å²) in [6.07, 6.45) is 4.86. The molecule has 1 saturated heterocycles. The van der Waals surface area contributed by atoms with Crippen molar-refractivity contribution in [1.29, 1.82) is 0 Å². The number of Topliss-reactive ketones (excluding diaryl/α,β-unsaturated/α-hetero) is 1. The first-order valence-electron chi connectivity index (χ1n) is 5.66. The second-order valence-corrected chi connectivity index (χ2v) is 5.21. The molecular formula is C12H22O2. The predicted octanol–water partition coefficient (Wildman–Crippen LogP) is 2.95. The van der Waals surface area contributed by atoms with Gasteiger partial charge in [0.1, 0.15) is 6.10 Å². The number of ketones is 1. The zero-order chi connectivity index (χ0) is 10.8. The Kier molecular flexibility index (Phi) is 3.71. The molecule has 14 heavy (non-hydrogen) atoms. The number of hydrogen-bond donors (Lipinski definition) is 0. The highest BCUT2D eigenvalue weighted by Gasteiger charge is 2.47. The van der Waals surface area contributed by atoms with Gasteiger partial charge in [0.25, 0.3) is 0 Å². The van der Waals surface area contributed by atoms with E-state index in [1.54, 1.807) is 0 Å². The standard InChI is InChI=1S/C12H22O2/c1-5-6-7-8-9-10(14-9)11(13)12(2,3)4/h9-10H,5-8H2,1-4H3/t9-,10+/m1/s1.